The molecule has 1 rings (SSSR count). The maximum absolute atomic E-state index is 10.8. The van der Waals surface area contributed by atoms with Crippen LogP contribution in [0.2, 0.25) is 0 Å². The third-order valence-electron chi connectivity index (χ3n) is 2.04. The largest absolute Gasteiger partial charge is 0.480 e. The summed E-state index contributed by atoms with van der Waals surface area (Å²) in [5, 5.41) is 11.8. The molecule has 0 spiro atoms. The van der Waals surface area contributed by atoms with E-state index >= 15 is 0 Å². The Morgan fingerprint density at radius 1 is 1.64 bits per heavy atom. The molecule has 0 aliphatic carbocycles. The Hall–Kier alpha value is -1.29. The molecule has 4 heteroatoms. The molecular weight excluding hydrogens is 182 g/mol. The predicted octanol–water partition coefficient (Wildman–Crippen LogP) is 1.48. The number of nitrogens with one attached hydrogen (secondary N) is 1. The van der Waals surface area contributed by atoms with Gasteiger partial charge in [-0.15, -0.1) is 0 Å². The summed E-state index contributed by atoms with van der Waals surface area (Å²) in [6.07, 6.45) is 3.17. The van der Waals surface area contributed by atoms with Crippen LogP contribution in [0.25, 0.3) is 0 Å². The van der Waals surface area contributed by atoms with Gasteiger partial charge < -0.3 is 9.52 Å². The van der Waals surface area contributed by atoms with Gasteiger partial charge in [-0.25, -0.2) is 0 Å². The zero-order chi connectivity index (χ0) is 10.6. The summed E-state index contributed by atoms with van der Waals surface area (Å²) < 4.78 is 4.88. The highest BCUT2D eigenvalue weighted by Crippen LogP contribution is 2.05. The van der Waals surface area contributed by atoms with Gasteiger partial charge in [0.15, 0.2) is 0 Å². The van der Waals surface area contributed by atoms with Crippen LogP contribution in [-0.2, 0) is 11.3 Å². The molecule has 0 radical (unpaired) electrons. The van der Waals surface area contributed by atoms with Crippen molar-refractivity contribution in [2.45, 2.75) is 26.4 Å². The van der Waals surface area contributed by atoms with Crippen molar-refractivity contribution < 1.29 is 14.3 Å². The highest BCUT2D eigenvalue weighted by atomic mass is 16.4. The maximum atomic E-state index is 10.8. The molecule has 1 aromatic rings. The first-order chi connectivity index (χ1) is 6.61. The van der Waals surface area contributed by atoms with E-state index in [0.29, 0.717) is 6.54 Å². The zero-order valence-corrected chi connectivity index (χ0v) is 8.36. The lowest BCUT2D eigenvalue weighted by molar-refractivity contribution is -0.140. The van der Waals surface area contributed by atoms with Crippen LogP contribution in [0.15, 0.2) is 23.0 Å². The van der Waals surface area contributed by atoms with Crippen LogP contribution in [0.5, 0.6) is 0 Å². The second kappa shape index (κ2) is 4.81. The molecule has 0 bridgehead atoms. The number of carbonyl (C=O) groups is 1. The van der Waals surface area contributed by atoms with Gasteiger partial charge >= 0.3 is 5.97 Å². The van der Waals surface area contributed by atoms with Crippen LogP contribution in [0.1, 0.15) is 19.4 Å². The number of hydrogen-bond acceptors (Lipinski definition) is 3. The number of furan rings is 1. The summed E-state index contributed by atoms with van der Waals surface area (Å²) in [5.41, 5.74) is 0.955. The number of hydrogen-bond donors (Lipinski definition) is 2. The predicted molar refractivity (Wildman–Crippen MR) is 51.8 cm³/mol. The molecule has 0 saturated carbocycles. The van der Waals surface area contributed by atoms with E-state index in [2.05, 4.69) is 5.32 Å². The van der Waals surface area contributed by atoms with E-state index in [-0.39, 0.29) is 5.92 Å². The molecule has 1 aromatic heterocycles. The first-order valence-electron chi connectivity index (χ1n) is 4.58. The lowest BCUT2D eigenvalue weighted by atomic mass is 10.0. The topological polar surface area (TPSA) is 62.5 Å². The van der Waals surface area contributed by atoms with Crippen LogP contribution in [-0.4, -0.2) is 17.1 Å². The van der Waals surface area contributed by atoms with Gasteiger partial charge in [-0.05, 0) is 12.0 Å². The van der Waals surface area contributed by atoms with Crippen molar-refractivity contribution in [3.63, 3.8) is 0 Å². The highest BCUT2D eigenvalue weighted by molar-refractivity contribution is 5.73. The Morgan fingerprint density at radius 3 is 2.79 bits per heavy atom. The highest BCUT2D eigenvalue weighted by Gasteiger charge is 2.20. The lowest BCUT2D eigenvalue weighted by Gasteiger charge is -2.17. The average Bonchev–Trinajstić information content (AvgIpc) is 2.55. The molecule has 2 N–H and O–H groups in total. The van der Waals surface area contributed by atoms with Gasteiger partial charge in [-0.3, -0.25) is 10.1 Å². The van der Waals surface area contributed by atoms with Crippen molar-refractivity contribution in [2.24, 2.45) is 5.92 Å². The summed E-state index contributed by atoms with van der Waals surface area (Å²) >= 11 is 0. The van der Waals surface area contributed by atoms with Gasteiger partial charge in [0.1, 0.15) is 6.04 Å². The molecule has 14 heavy (non-hydrogen) atoms. The van der Waals surface area contributed by atoms with Crippen LogP contribution < -0.4 is 5.32 Å². The number of rotatable bonds is 5. The minimum atomic E-state index is -0.816. The van der Waals surface area contributed by atoms with E-state index in [1.165, 1.54) is 0 Å². The zero-order valence-electron chi connectivity index (χ0n) is 8.36. The van der Waals surface area contributed by atoms with E-state index < -0.39 is 12.0 Å². The quantitative estimate of drug-likeness (QED) is 0.750. The number of carboxylic acid groups (broad SMARTS) is 1. The van der Waals surface area contributed by atoms with E-state index in [0.717, 1.165) is 5.56 Å². The molecule has 0 aliphatic rings. The van der Waals surface area contributed by atoms with E-state index in [4.69, 9.17) is 9.52 Å². The van der Waals surface area contributed by atoms with Crippen molar-refractivity contribution >= 4 is 5.97 Å². The second-order valence-corrected chi connectivity index (χ2v) is 3.57. The van der Waals surface area contributed by atoms with Gasteiger partial charge in [0.05, 0.1) is 12.5 Å². The molecule has 78 valence electrons. The van der Waals surface area contributed by atoms with Crippen molar-refractivity contribution in [3.8, 4) is 0 Å². The summed E-state index contributed by atoms with van der Waals surface area (Å²) in [7, 11) is 0. The molecule has 0 aromatic carbocycles. The molecular formula is C10H15NO3. The third-order valence-corrected chi connectivity index (χ3v) is 2.04. The van der Waals surface area contributed by atoms with Crippen LogP contribution in [0.4, 0.5) is 0 Å². The van der Waals surface area contributed by atoms with Gasteiger partial charge in [-0.1, -0.05) is 13.8 Å². The fourth-order valence-electron chi connectivity index (χ4n) is 1.23. The monoisotopic (exact) mass is 197 g/mol. The van der Waals surface area contributed by atoms with Gasteiger partial charge in [-0.2, -0.15) is 0 Å². The smallest absolute Gasteiger partial charge is 0.320 e. The molecule has 4 nitrogen and oxygen atoms in total. The normalized spacial score (nSPS) is 13.1. The Morgan fingerprint density at radius 2 is 2.36 bits per heavy atom. The maximum Gasteiger partial charge on any atom is 0.320 e. The van der Waals surface area contributed by atoms with E-state index in [9.17, 15) is 4.79 Å². The standard InChI is InChI=1S/C10H15NO3/c1-7(2)9(10(12)13)11-5-8-3-4-14-6-8/h3-4,6-7,9,11H,5H2,1-2H3,(H,12,13). The third kappa shape index (κ3) is 2.88. The fourth-order valence-corrected chi connectivity index (χ4v) is 1.23. The van der Waals surface area contributed by atoms with Gasteiger partial charge in [0.2, 0.25) is 0 Å². The molecule has 1 heterocycles. The Kier molecular flexibility index (Phi) is 3.71. The van der Waals surface area contributed by atoms with E-state index in [1.807, 2.05) is 19.9 Å². The van der Waals surface area contributed by atoms with Gasteiger partial charge in [0, 0.05) is 12.1 Å². The second-order valence-electron chi connectivity index (χ2n) is 3.57. The van der Waals surface area contributed by atoms with E-state index in [1.54, 1.807) is 12.5 Å². The fraction of sp³-hybridized carbons (Fsp3) is 0.500. The number of carboxylic acids is 1. The van der Waals surface area contributed by atoms with Crippen molar-refractivity contribution in [3.05, 3.63) is 24.2 Å². The van der Waals surface area contributed by atoms with Crippen molar-refractivity contribution in [2.75, 3.05) is 0 Å². The van der Waals surface area contributed by atoms with Crippen LogP contribution >= 0.6 is 0 Å². The average molecular weight is 197 g/mol. The minimum absolute atomic E-state index is 0.0689. The Labute approximate surface area is 82.9 Å². The van der Waals surface area contributed by atoms with Crippen molar-refractivity contribution in [1.82, 2.24) is 5.32 Å². The van der Waals surface area contributed by atoms with Crippen molar-refractivity contribution in [1.29, 1.82) is 0 Å². The summed E-state index contributed by atoms with van der Waals surface area (Å²) in [6, 6.07) is 1.30. The SMILES string of the molecule is CC(C)C(NCc1ccoc1)C(=O)O. The van der Waals surface area contributed by atoms with Crippen LogP contribution in [0, 0.1) is 5.92 Å². The summed E-state index contributed by atoms with van der Waals surface area (Å²) in [5.74, 6) is -0.747. The Balaban J connectivity index is 2.45. The van der Waals surface area contributed by atoms with Gasteiger partial charge in [0.25, 0.3) is 0 Å². The Bertz CT molecular complexity index is 280. The number of aliphatic carboxylic acids is 1. The first kappa shape index (κ1) is 10.8. The molecule has 1 atom stereocenters. The molecule has 0 amide bonds. The molecule has 1 unspecified atom stereocenters. The lowest BCUT2D eigenvalue weighted by Crippen LogP contribution is -2.40. The first-order valence-corrected chi connectivity index (χ1v) is 4.58. The minimum Gasteiger partial charge on any atom is -0.480 e. The van der Waals surface area contributed by atoms with Crippen LogP contribution in [0.3, 0.4) is 0 Å². The molecule has 0 saturated heterocycles. The molecule has 0 aliphatic heterocycles. The summed E-state index contributed by atoms with van der Waals surface area (Å²) in [6.45, 7) is 4.27. The summed E-state index contributed by atoms with van der Waals surface area (Å²) in [4.78, 5) is 10.8. The molecule has 0 fully saturated rings.